The quantitative estimate of drug-likeness (QED) is 0.741. The van der Waals surface area contributed by atoms with Gasteiger partial charge in [-0.25, -0.2) is 4.98 Å². The van der Waals surface area contributed by atoms with Crippen molar-refractivity contribution in [2.45, 2.75) is 6.29 Å². The van der Waals surface area contributed by atoms with Crippen molar-refractivity contribution in [3.8, 4) is 11.5 Å². The van der Waals surface area contributed by atoms with Crippen LogP contribution in [0.1, 0.15) is 12.0 Å². The molecule has 0 fully saturated rings. The van der Waals surface area contributed by atoms with Crippen molar-refractivity contribution in [2.75, 3.05) is 14.2 Å². The molecule has 1 aromatic heterocycles. The first kappa shape index (κ1) is 10.9. The molecule has 0 saturated heterocycles. The summed E-state index contributed by atoms with van der Waals surface area (Å²) in [4.78, 5) is 4.31. The predicted molar refractivity (Wildman–Crippen MR) is 58.7 cm³/mol. The lowest BCUT2D eigenvalue weighted by molar-refractivity contribution is -0.108. The molecular formula is C12H13NO3. The number of aromatic nitrogens is 1. The van der Waals surface area contributed by atoms with Crippen LogP contribution in [0.4, 0.5) is 0 Å². The Bertz CT molecular complexity index is 435. The molecule has 0 N–H and O–H groups in total. The first-order valence-electron chi connectivity index (χ1n) is 4.91. The van der Waals surface area contributed by atoms with E-state index in [0.717, 1.165) is 5.56 Å². The molecule has 0 atom stereocenters. The topological polar surface area (TPSA) is 44.5 Å². The molecule has 84 valence electrons. The SMILES string of the molecule is COC(OC)c1coc(-c2ccccc2)n1. The summed E-state index contributed by atoms with van der Waals surface area (Å²) in [6.45, 7) is 0. The lowest BCUT2D eigenvalue weighted by atomic mass is 10.2. The summed E-state index contributed by atoms with van der Waals surface area (Å²) in [5, 5.41) is 0. The molecule has 0 radical (unpaired) electrons. The van der Waals surface area contributed by atoms with Crippen molar-refractivity contribution >= 4 is 0 Å². The molecule has 0 aliphatic carbocycles. The predicted octanol–water partition coefficient (Wildman–Crippen LogP) is 2.63. The van der Waals surface area contributed by atoms with Gasteiger partial charge in [0, 0.05) is 19.8 Å². The Balaban J connectivity index is 2.26. The molecule has 0 aliphatic rings. The summed E-state index contributed by atoms with van der Waals surface area (Å²) in [6.07, 6.45) is 1.06. The van der Waals surface area contributed by atoms with Gasteiger partial charge in [-0.3, -0.25) is 0 Å². The molecule has 0 aliphatic heterocycles. The van der Waals surface area contributed by atoms with Gasteiger partial charge in [0.05, 0.1) is 0 Å². The van der Waals surface area contributed by atoms with E-state index in [1.54, 1.807) is 20.5 Å². The highest BCUT2D eigenvalue weighted by Crippen LogP contribution is 2.22. The zero-order valence-corrected chi connectivity index (χ0v) is 9.21. The van der Waals surface area contributed by atoms with Gasteiger partial charge >= 0.3 is 0 Å². The second-order valence-electron chi connectivity index (χ2n) is 3.25. The van der Waals surface area contributed by atoms with Gasteiger partial charge in [-0.05, 0) is 12.1 Å². The van der Waals surface area contributed by atoms with Gasteiger partial charge in [0.15, 0.2) is 0 Å². The molecule has 16 heavy (non-hydrogen) atoms. The number of oxazole rings is 1. The normalized spacial score (nSPS) is 10.9. The minimum atomic E-state index is -0.485. The van der Waals surface area contributed by atoms with E-state index in [-0.39, 0.29) is 0 Å². The zero-order valence-electron chi connectivity index (χ0n) is 9.21. The molecule has 0 spiro atoms. The van der Waals surface area contributed by atoms with Crippen LogP contribution < -0.4 is 0 Å². The van der Waals surface area contributed by atoms with E-state index >= 15 is 0 Å². The Morgan fingerprint density at radius 1 is 1.12 bits per heavy atom. The first-order chi connectivity index (χ1) is 7.85. The number of ether oxygens (including phenoxy) is 2. The summed E-state index contributed by atoms with van der Waals surface area (Å²) in [5.74, 6) is 0.565. The summed E-state index contributed by atoms with van der Waals surface area (Å²) in [7, 11) is 3.12. The largest absolute Gasteiger partial charge is 0.444 e. The lowest BCUT2D eigenvalue weighted by Gasteiger charge is -2.08. The van der Waals surface area contributed by atoms with Crippen molar-refractivity contribution in [1.29, 1.82) is 0 Å². The van der Waals surface area contributed by atoms with Crippen molar-refractivity contribution in [2.24, 2.45) is 0 Å². The first-order valence-corrected chi connectivity index (χ1v) is 4.91. The summed E-state index contributed by atoms with van der Waals surface area (Å²) in [6, 6.07) is 9.68. The fourth-order valence-corrected chi connectivity index (χ4v) is 1.45. The molecule has 4 nitrogen and oxygen atoms in total. The number of hydrogen-bond acceptors (Lipinski definition) is 4. The van der Waals surface area contributed by atoms with Crippen LogP contribution in [0.2, 0.25) is 0 Å². The van der Waals surface area contributed by atoms with Crippen molar-refractivity contribution < 1.29 is 13.9 Å². The van der Waals surface area contributed by atoms with Crippen molar-refractivity contribution in [3.63, 3.8) is 0 Å². The van der Waals surface area contributed by atoms with Crippen LogP contribution in [0.15, 0.2) is 41.0 Å². The van der Waals surface area contributed by atoms with Crippen LogP contribution in [-0.2, 0) is 9.47 Å². The molecule has 0 bridgehead atoms. The van der Waals surface area contributed by atoms with Gasteiger partial charge in [0.2, 0.25) is 12.2 Å². The second-order valence-corrected chi connectivity index (χ2v) is 3.25. The fraction of sp³-hybridized carbons (Fsp3) is 0.250. The van der Waals surface area contributed by atoms with E-state index in [9.17, 15) is 0 Å². The highest BCUT2D eigenvalue weighted by Gasteiger charge is 2.15. The van der Waals surface area contributed by atoms with E-state index in [0.29, 0.717) is 11.6 Å². The average molecular weight is 219 g/mol. The highest BCUT2D eigenvalue weighted by atomic mass is 16.7. The summed E-state index contributed by atoms with van der Waals surface area (Å²) < 4.78 is 15.5. The Morgan fingerprint density at radius 2 is 1.81 bits per heavy atom. The van der Waals surface area contributed by atoms with Crippen LogP contribution in [0.25, 0.3) is 11.5 Å². The number of hydrogen-bond donors (Lipinski definition) is 0. The number of methoxy groups -OCH3 is 2. The Morgan fingerprint density at radius 3 is 2.44 bits per heavy atom. The maximum atomic E-state index is 5.36. The van der Waals surface area contributed by atoms with Crippen LogP contribution in [-0.4, -0.2) is 19.2 Å². The van der Waals surface area contributed by atoms with Crippen LogP contribution in [0.3, 0.4) is 0 Å². The smallest absolute Gasteiger partial charge is 0.226 e. The zero-order chi connectivity index (χ0) is 11.4. The molecule has 0 saturated carbocycles. The van der Waals surface area contributed by atoms with Crippen molar-refractivity contribution in [1.82, 2.24) is 4.98 Å². The molecule has 4 heteroatoms. The van der Waals surface area contributed by atoms with E-state index in [2.05, 4.69) is 4.98 Å². The molecular weight excluding hydrogens is 206 g/mol. The summed E-state index contributed by atoms with van der Waals surface area (Å²) >= 11 is 0. The average Bonchev–Trinajstić information content (AvgIpc) is 2.81. The molecule has 0 amide bonds. The Kier molecular flexibility index (Phi) is 3.34. The van der Waals surface area contributed by atoms with Crippen LogP contribution >= 0.6 is 0 Å². The third kappa shape index (κ3) is 2.13. The number of rotatable bonds is 4. The van der Waals surface area contributed by atoms with Gasteiger partial charge in [-0.15, -0.1) is 0 Å². The van der Waals surface area contributed by atoms with Gasteiger partial charge in [-0.2, -0.15) is 0 Å². The fourth-order valence-electron chi connectivity index (χ4n) is 1.45. The molecule has 1 aromatic carbocycles. The minimum absolute atomic E-state index is 0.485. The molecule has 0 unspecified atom stereocenters. The van der Waals surface area contributed by atoms with Gasteiger partial charge in [-0.1, -0.05) is 18.2 Å². The second kappa shape index (κ2) is 4.92. The third-order valence-electron chi connectivity index (χ3n) is 2.21. The van der Waals surface area contributed by atoms with Gasteiger partial charge < -0.3 is 13.9 Å². The molecule has 2 aromatic rings. The molecule has 2 rings (SSSR count). The Labute approximate surface area is 93.8 Å². The van der Waals surface area contributed by atoms with Crippen molar-refractivity contribution in [3.05, 3.63) is 42.3 Å². The highest BCUT2D eigenvalue weighted by molar-refractivity contribution is 5.52. The monoisotopic (exact) mass is 219 g/mol. The number of nitrogens with zero attached hydrogens (tertiary/aromatic N) is 1. The molecule has 1 heterocycles. The van der Waals surface area contributed by atoms with Crippen LogP contribution in [0, 0.1) is 0 Å². The lowest BCUT2D eigenvalue weighted by Crippen LogP contribution is -2.03. The standard InChI is InChI=1S/C12H13NO3/c1-14-12(15-2)10-8-16-11(13-10)9-6-4-3-5-7-9/h3-8,12H,1-2H3. The summed E-state index contributed by atoms with van der Waals surface area (Å²) in [5.41, 5.74) is 1.56. The Hall–Kier alpha value is -1.65. The maximum absolute atomic E-state index is 5.36. The van der Waals surface area contributed by atoms with E-state index in [1.165, 1.54) is 0 Å². The van der Waals surface area contributed by atoms with E-state index in [4.69, 9.17) is 13.9 Å². The van der Waals surface area contributed by atoms with Gasteiger partial charge in [0.1, 0.15) is 12.0 Å². The third-order valence-corrected chi connectivity index (χ3v) is 2.21. The minimum Gasteiger partial charge on any atom is -0.444 e. The number of benzene rings is 1. The van der Waals surface area contributed by atoms with Crippen LogP contribution in [0.5, 0.6) is 0 Å². The van der Waals surface area contributed by atoms with E-state index < -0.39 is 6.29 Å². The van der Waals surface area contributed by atoms with E-state index in [1.807, 2.05) is 30.3 Å². The maximum Gasteiger partial charge on any atom is 0.226 e. The van der Waals surface area contributed by atoms with Gasteiger partial charge in [0.25, 0.3) is 0 Å².